The summed E-state index contributed by atoms with van der Waals surface area (Å²) in [6, 6.07) is 2.72. The van der Waals surface area contributed by atoms with Crippen LogP contribution in [0.15, 0.2) is 30.5 Å². The number of aliphatic hydroxyl groups excluding tert-OH is 1. The molecule has 47 heavy (non-hydrogen) atoms. The maximum absolute atomic E-state index is 13.6. The van der Waals surface area contributed by atoms with Crippen molar-refractivity contribution in [3.05, 3.63) is 36.0 Å². The van der Waals surface area contributed by atoms with Crippen molar-refractivity contribution in [3.63, 3.8) is 0 Å². The second-order valence-electron chi connectivity index (χ2n) is 12.9. The third-order valence-electron chi connectivity index (χ3n) is 7.67. The molecule has 6 atom stereocenters. The van der Waals surface area contributed by atoms with Crippen LogP contribution in [0.5, 0.6) is 0 Å². The zero-order valence-corrected chi connectivity index (χ0v) is 28.1. The number of hydrogen-bond acceptors (Lipinski definition) is 9. The number of hydrazine groups is 1. The summed E-state index contributed by atoms with van der Waals surface area (Å²) in [5.41, 5.74) is 13.0. The van der Waals surface area contributed by atoms with Crippen molar-refractivity contribution in [1.82, 2.24) is 31.8 Å². The number of primary amides is 1. The van der Waals surface area contributed by atoms with Gasteiger partial charge in [0.05, 0.1) is 12.1 Å². The zero-order chi connectivity index (χ0) is 35.3. The minimum absolute atomic E-state index is 0.0169. The molecule has 0 bridgehead atoms. The molecule has 1 aromatic heterocycles. The van der Waals surface area contributed by atoms with Gasteiger partial charge in [-0.1, -0.05) is 45.9 Å². The van der Waals surface area contributed by atoms with Gasteiger partial charge in [-0.15, -0.1) is 0 Å². The predicted octanol–water partition coefficient (Wildman–Crippen LogP) is 0.523. The first-order valence-electron chi connectivity index (χ1n) is 16.0. The number of rotatable bonds is 21. The fraction of sp³-hybridized carbons (Fsp3) is 0.576. The summed E-state index contributed by atoms with van der Waals surface area (Å²) in [5, 5.41) is 18.6. The number of ketones is 1. The number of H-pyrrole nitrogens is 1. The molecular weight excluding hydrogens is 606 g/mol. The number of aldehydes is 1. The Labute approximate surface area is 275 Å². The first-order chi connectivity index (χ1) is 22.1. The fourth-order valence-corrected chi connectivity index (χ4v) is 5.06. The van der Waals surface area contributed by atoms with E-state index in [2.05, 4.69) is 31.8 Å². The fourth-order valence-electron chi connectivity index (χ4n) is 5.06. The number of benzene rings is 1. The van der Waals surface area contributed by atoms with Gasteiger partial charge >= 0.3 is 0 Å². The van der Waals surface area contributed by atoms with E-state index in [1.807, 2.05) is 58.2 Å². The number of aliphatic hydroxyl groups is 1. The zero-order valence-electron chi connectivity index (χ0n) is 28.1. The monoisotopic (exact) mass is 657 g/mol. The van der Waals surface area contributed by atoms with E-state index in [9.17, 15) is 33.9 Å². The summed E-state index contributed by atoms with van der Waals surface area (Å²) < 4.78 is 0. The van der Waals surface area contributed by atoms with Gasteiger partial charge in [-0.25, -0.2) is 10.9 Å². The molecule has 9 N–H and O–H groups in total. The van der Waals surface area contributed by atoms with Gasteiger partial charge < -0.3 is 36.6 Å². The number of fused-ring (bicyclic) bond motifs is 1. The lowest BCUT2D eigenvalue weighted by atomic mass is 10.00. The number of nitrogens with two attached hydrogens (primary N) is 1. The van der Waals surface area contributed by atoms with Crippen molar-refractivity contribution in [2.75, 3.05) is 0 Å². The number of para-hydroxylation sites is 1. The summed E-state index contributed by atoms with van der Waals surface area (Å²) in [5.74, 6) is -2.59. The number of carbonyl (C=O) groups excluding carboxylic acids is 6. The highest BCUT2D eigenvalue weighted by atomic mass is 16.3. The van der Waals surface area contributed by atoms with Gasteiger partial charge in [0.25, 0.3) is 0 Å². The van der Waals surface area contributed by atoms with Crippen LogP contribution in [0.2, 0.25) is 0 Å². The Morgan fingerprint density at radius 1 is 0.830 bits per heavy atom. The average molecular weight is 658 g/mol. The molecule has 0 fully saturated rings. The Balaban J connectivity index is 2.20. The minimum atomic E-state index is -1.23. The summed E-state index contributed by atoms with van der Waals surface area (Å²) in [6.07, 6.45) is 1.64. The topological polar surface area (TPSA) is 225 Å². The van der Waals surface area contributed by atoms with E-state index in [1.165, 1.54) is 13.8 Å². The largest absolute Gasteiger partial charge is 0.391 e. The molecule has 0 radical (unpaired) electrons. The number of hydrogen-bond donors (Lipinski definition) is 8. The average Bonchev–Trinajstić information content (AvgIpc) is 3.40. The number of aromatic amines is 1. The van der Waals surface area contributed by atoms with Gasteiger partial charge in [-0.2, -0.15) is 0 Å². The van der Waals surface area contributed by atoms with Crippen molar-refractivity contribution >= 4 is 46.6 Å². The van der Waals surface area contributed by atoms with E-state index >= 15 is 0 Å². The normalized spacial score (nSPS) is 15.3. The molecule has 1 heterocycles. The molecule has 14 nitrogen and oxygen atoms in total. The minimum Gasteiger partial charge on any atom is -0.391 e. The van der Waals surface area contributed by atoms with Crippen molar-refractivity contribution in [2.24, 2.45) is 17.6 Å². The summed E-state index contributed by atoms with van der Waals surface area (Å²) >= 11 is 0. The highest BCUT2D eigenvalue weighted by molar-refractivity contribution is 5.92. The molecule has 260 valence electrons. The first kappa shape index (κ1) is 39.0. The van der Waals surface area contributed by atoms with Crippen molar-refractivity contribution in [3.8, 4) is 0 Å². The van der Waals surface area contributed by atoms with Gasteiger partial charge in [0.2, 0.25) is 23.6 Å². The molecule has 4 amide bonds. The standard InChI is InChI=1S/C33H51N7O7/c1-18(2)13-27(32(46)36-25(11-12-30(34)44)31(45)38-29(17-41)21(6)43)39-40-28(14-19(3)4)33(47)37-26(20(5)42)15-22-16-35-24-10-8-7-9-23(22)24/h7-10,16-19,21,25-29,35,39-40,43H,11-15H2,1-6H3,(H2,34,44)(H,36,46)(H,37,47)(H,38,45)/t21-,25+,26+,27+,28+,29-/m1/s1. The highest BCUT2D eigenvalue weighted by Crippen LogP contribution is 2.19. The maximum Gasteiger partial charge on any atom is 0.243 e. The van der Waals surface area contributed by atoms with Crippen LogP contribution < -0.4 is 32.5 Å². The van der Waals surface area contributed by atoms with Crippen molar-refractivity contribution < 1.29 is 33.9 Å². The SMILES string of the molecule is CC(=O)[C@H](Cc1c[nH]c2ccccc12)NC(=O)[C@H](CC(C)C)NN[C@@H](CC(C)C)C(=O)N[C@@H](CCC(N)=O)C(=O)N[C@H](C=O)[C@@H](C)O. The Bertz CT molecular complexity index is 1370. The van der Waals surface area contributed by atoms with Gasteiger partial charge in [0.15, 0.2) is 5.78 Å². The molecule has 0 spiro atoms. The molecule has 0 aliphatic carbocycles. The van der Waals surface area contributed by atoms with Crippen molar-refractivity contribution in [1.29, 1.82) is 0 Å². The molecule has 0 saturated heterocycles. The van der Waals surface area contributed by atoms with Crippen LogP contribution in [-0.2, 0) is 35.2 Å². The smallest absolute Gasteiger partial charge is 0.243 e. The van der Waals surface area contributed by atoms with Crippen LogP contribution in [0.25, 0.3) is 10.9 Å². The number of amides is 4. The Kier molecular flexibility index (Phi) is 15.7. The quantitative estimate of drug-likeness (QED) is 0.0691. The van der Waals surface area contributed by atoms with Gasteiger partial charge in [0, 0.05) is 29.9 Å². The molecule has 2 aromatic rings. The van der Waals surface area contributed by atoms with E-state index < -0.39 is 59.9 Å². The molecule has 2 rings (SSSR count). The molecule has 0 saturated carbocycles. The molecular formula is C33H51N7O7. The molecule has 14 heteroatoms. The summed E-state index contributed by atoms with van der Waals surface area (Å²) in [4.78, 5) is 78.7. The Morgan fingerprint density at radius 3 is 1.85 bits per heavy atom. The highest BCUT2D eigenvalue weighted by Gasteiger charge is 2.31. The lowest BCUT2D eigenvalue weighted by molar-refractivity contribution is -0.132. The lowest BCUT2D eigenvalue weighted by Crippen LogP contribution is -2.60. The van der Waals surface area contributed by atoms with Crippen molar-refractivity contribution in [2.45, 2.75) is 110 Å². The third-order valence-corrected chi connectivity index (χ3v) is 7.67. The predicted molar refractivity (Wildman–Crippen MR) is 177 cm³/mol. The van der Waals surface area contributed by atoms with E-state index in [-0.39, 0.29) is 30.5 Å². The maximum atomic E-state index is 13.6. The third kappa shape index (κ3) is 12.9. The van der Waals surface area contributed by atoms with Crippen LogP contribution in [0.1, 0.15) is 72.8 Å². The van der Waals surface area contributed by atoms with Gasteiger partial charge in [-0.05, 0) is 56.6 Å². The van der Waals surface area contributed by atoms with Crippen LogP contribution >= 0.6 is 0 Å². The van der Waals surface area contributed by atoms with Gasteiger partial charge in [-0.3, -0.25) is 24.0 Å². The van der Waals surface area contributed by atoms with Crippen LogP contribution in [-0.4, -0.2) is 82.1 Å². The van der Waals surface area contributed by atoms with E-state index in [1.54, 1.807) is 0 Å². The van der Waals surface area contributed by atoms with E-state index in [0.717, 1.165) is 16.5 Å². The van der Waals surface area contributed by atoms with Crippen LogP contribution in [0, 0.1) is 11.8 Å². The summed E-state index contributed by atoms with van der Waals surface area (Å²) in [7, 11) is 0. The first-order valence-corrected chi connectivity index (χ1v) is 16.0. The number of carbonyl (C=O) groups is 6. The van der Waals surface area contributed by atoms with Gasteiger partial charge in [0.1, 0.15) is 30.5 Å². The number of aromatic nitrogens is 1. The Hall–Kier alpha value is -4.14. The van der Waals surface area contributed by atoms with Crippen LogP contribution in [0.3, 0.4) is 0 Å². The van der Waals surface area contributed by atoms with Crippen LogP contribution in [0.4, 0.5) is 0 Å². The molecule has 1 aromatic carbocycles. The number of nitrogens with one attached hydrogen (secondary N) is 6. The van der Waals surface area contributed by atoms with E-state index in [4.69, 9.17) is 5.73 Å². The molecule has 0 unspecified atom stereocenters. The second kappa shape index (κ2) is 18.9. The lowest BCUT2D eigenvalue weighted by Gasteiger charge is -2.28. The molecule has 0 aliphatic heterocycles. The Morgan fingerprint density at radius 2 is 1.36 bits per heavy atom. The van der Waals surface area contributed by atoms with E-state index in [0.29, 0.717) is 25.5 Å². The second-order valence-corrected chi connectivity index (χ2v) is 12.9. The number of Topliss-reactive ketones (excluding diaryl/α,β-unsaturated/α-hetero) is 1. The molecule has 0 aliphatic rings. The summed E-state index contributed by atoms with van der Waals surface area (Å²) in [6.45, 7) is 10.4.